The number of benzene rings is 1. The Morgan fingerprint density at radius 3 is 2.35 bits per heavy atom. The second-order valence-electron chi connectivity index (χ2n) is 5.88. The Bertz CT molecular complexity index is 615. The van der Waals surface area contributed by atoms with E-state index < -0.39 is 5.60 Å². The van der Waals surface area contributed by atoms with Crippen molar-refractivity contribution >= 4 is 11.6 Å². The van der Waals surface area contributed by atoms with Gasteiger partial charge in [0.2, 0.25) is 0 Å². The summed E-state index contributed by atoms with van der Waals surface area (Å²) in [6.45, 7) is 7.72. The SMILES string of the molecule is CC(C)c1cc(-c2ccnc(C(C)(C)O)c2)ccc1Cl. The van der Waals surface area contributed by atoms with Gasteiger partial charge in [0.05, 0.1) is 5.69 Å². The predicted molar refractivity (Wildman–Crippen MR) is 84.0 cm³/mol. The van der Waals surface area contributed by atoms with Crippen molar-refractivity contribution < 1.29 is 5.11 Å². The third kappa shape index (κ3) is 3.20. The summed E-state index contributed by atoms with van der Waals surface area (Å²) in [5.41, 5.74) is 2.98. The number of aromatic nitrogens is 1. The normalized spacial score (nSPS) is 11.9. The largest absolute Gasteiger partial charge is 0.384 e. The lowest BCUT2D eigenvalue weighted by Gasteiger charge is -2.17. The number of pyridine rings is 1. The van der Waals surface area contributed by atoms with Gasteiger partial charge >= 0.3 is 0 Å². The van der Waals surface area contributed by atoms with Crippen LogP contribution in [-0.2, 0) is 5.60 Å². The molecule has 1 heterocycles. The molecular formula is C17H20ClNO. The van der Waals surface area contributed by atoms with E-state index in [9.17, 15) is 5.11 Å². The molecular weight excluding hydrogens is 270 g/mol. The van der Waals surface area contributed by atoms with Crippen LogP contribution in [0.2, 0.25) is 5.02 Å². The lowest BCUT2D eigenvalue weighted by molar-refractivity contribution is 0.0739. The van der Waals surface area contributed by atoms with Crippen molar-refractivity contribution in [3.63, 3.8) is 0 Å². The Morgan fingerprint density at radius 1 is 1.10 bits per heavy atom. The second kappa shape index (κ2) is 5.55. The predicted octanol–water partition coefficient (Wildman–Crippen LogP) is 4.75. The molecule has 2 nitrogen and oxygen atoms in total. The smallest absolute Gasteiger partial charge is 0.101 e. The van der Waals surface area contributed by atoms with E-state index in [4.69, 9.17) is 11.6 Å². The van der Waals surface area contributed by atoms with Gasteiger partial charge in [-0.3, -0.25) is 4.98 Å². The van der Waals surface area contributed by atoms with Gasteiger partial charge in [-0.05, 0) is 60.7 Å². The maximum Gasteiger partial charge on any atom is 0.101 e. The molecule has 0 radical (unpaired) electrons. The molecule has 20 heavy (non-hydrogen) atoms. The zero-order valence-electron chi connectivity index (χ0n) is 12.3. The molecule has 0 fully saturated rings. The van der Waals surface area contributed by atoms with Crippen LogP contribution in [0.25, 0.3) is 11.1 Å². The maximum atomic E-state index is 10.1. The molecule has 0 unspecified atom stereocenters. The highest BCUT2D eigenvalue weighted by Gasteiger charge is 2.18. The van der Waals surface area contributed by atoms with Gasteiger partial charge in [0.25, 0.3) is 0 Å². The van der Waals surface area contributed by atoms with Gasteiger partial charge in [-0.15, -0.1) is 0 Å². The van der Waals surface area contributed by atoms with Crippen molar-refractivity contribution in [3.8, 4) is 11.1 Å². The highest BCUT2D eigenvalue weighted by molar-refractivity contribution is 6.31. The van der Waals surface area contributed by atoms with Crippen LogP contribution in [-0.4, -0.2) is 10.1 Å². The molecule has 0 aliphatic heterocycles. The number of rotatable bonds is 3. The molecule has 1 aromatic heterocycles. The van der Waals surface area contributed by atoms with E-state index in [1.807, 2.05) is 24.3 Å². The summed E-state index contributed by atoms with van der Waals surface area (Å²) in [4.78, 5) is 4.24. The molecule has 0 spiro atoms. The summed E-state index contributed by atoms with van der Waals surface area (Å²) in [5.74, 6) is 0.373. The summed E-state index contributed by atoms with van der Waals surface area (Å²) in [6, 6.07) is 9.90. The second-order valence-corrected chi connectivity index (χ2v) is 6.29. The van der Waals surface area contributed by atoms with Gasteiger partial charge in [-0.1, -0.05) is 31.5 Å². The Balaban J connectivity index is 2.49. The van der Waals surface area contributed by atoms with E-state index in [2.05, 4.69) is 24.9 Å². The molecule has 0 aliphatic rings. The fraction of sp³-hybridized carbons (Fsp3) is 0.353. The molecule has 2 aromatic rings. The fourth-order valence-corrected chi connectivity index (χ4v) is 2.45. The molecule has 1 N–H and O–H groups in total. The van der Waals surface area contributed by atoms with Crippen LogP contribution in [0.3, 0.4) is 0 Å². The lowest BCUT2D eigenvalue weighted by Crippen LogP contribution is -2.17. The number of aliphatic hydroxyl groups is 1. The zero-order chi connectivity index (χ0) is 14.9. The molecule has 0 saturated carbocycles. The third-order valence-electron chi connectivity index (χ3n) is 3.34. The van der Waals surface area contributed by atoms with Crippen LogP contribution < -0.4 is 0 Å². The summed E-state index contributed by atoms with van der Waals surface area (Å²) in [7, 11) is 0. The molecule has 106 valence electrons. The minimum atomic E-state index is -0.941. The highest BCUT2D eigenvalue weighted by Crippen LogP contribution is 2.31. The zero-order valence-corrected chi connectivity index (χ0v) is 13.1. The molecule has 0 atom stereocenters. The van der Waals surface area contributed by atoms with Gasteiger partial charge < -0.3 is 5.11 Å². The lowest BCUT2D eigenvalue weighted by atomic mass is 9.95. The standard InChI is InChI=1S/C17H20ClNO/c1-11(2)14-9-12(5-6-15(14)18)13-7-8-19-16(10-13)17(3,4)20/h5-11,20H,1-4H3. The number of hydrogen-bond donors (Lipinski definition) is 1. The van der Waals surface area contributed by atoms with Crippen LogP contribution in [0.5, 0.6) is 0 Å². The van der Waals surface area contributed by atoms with Gasteiger partial charge in [0.15, 0.2) is 0 Å². The highest BCUT2D eigenvalue weighted by atomic mass is 35.5. The first-order chi connectivity index (χ1) is 9.29. The first-order valence-corrected chi connectivity index (χ1v) is 7.15. The summed E-state index contributed by atoms with van der Waals surface area (Å²) < 4.78 is 0. The van der Waals surface area contributed by atoms with Gasteiger partial charge in [-0.2, -0.15) is 0 Å². The number of halogens is 1. The van der Waals surface area contributed by atoms with Crippen molar-refractivity contribution in [2.75, 3.05) is 0 Å². The fourth-order valence-electron chi connectivity index (χ4n) is 2.11. The third-order valence-corrected chi connectivity index (χ3v) is 3.68. The van der Waals surface area contributed by atoms with Crippen molar-refractivity contribution in [2.45, 2.75) is 39.2 Å². The van der Waals surface area contributed by atoms with E-state index in [1.54, 1.807) is 20.0 Å². The van der Waals surface area contributed by atoms with Crippen molar-refractivity contribution in [3.05, 3.63) is 52.8 Å². The quantitative estimate of drug-likeness (QED) is 0.884. The Morgan fingerprint density at radius 2 is 1.75 bits per heavy atom. The average Bonchev–Trinajstić information content (AvgIpc) is 2.38. The molecule has 0 amide bonds. The summed E-state index contributed by atoms with van der Waals surface area (Å²) in [6.07, 6.45) is 1.73. The summed E-state index contributed by atoms with van der Waals surface area (Å²) >= 11 is 6.23. The van der Waals surface area contributed by atoms with Gasteiger partial charge in [0, 0.05) is 11.2 Å². The van der Waals surface area contributed by atoms with Crippen molar-refractivity contribution in [1.82, 2.24) is 4.98 Å². The van der Waals surface area contributed by atoms with Crippen LogP contribution in [0, 0.1) is 0 Å². The molecule has 1 aromatic carbocycles. The molecule has 2 rings (SSSR count). The van der Waals surface area contributed by atoms with Crippen LogP contribution in [0.15, 0.2) is 36.5 Å². The maximum absolute atomic E-state index is 10.1. The van der Waals surface area contributed by atoms with E-state index >= 15 is 0 Å². The van der Waals surface area contributed by atoms with E-state index in [0.29, 0.717) is 11.6 Å². The van der Waals surface area contributed by atoms with Gasteiger partial charge in [-0.25, -0.2) is 0 Å². The van der Waals surface area contributed by atoms with E-state index in [-0.39, 0.29) is 0 Å². The van der Waals surface area contributed by atoms with E-state index in [1.165, 1.54) is 0 Å². The topological polar surface area (TPSA) is 33.1 Å². The Kier molecular flexibility index (Phi) is 4.17. The molecule has 0 bridgehead atoms. The Hall–Kier alpha value is -1.38. The first kappa shape index (κ1) is 15.0. The minimum Gasteiger partial charge on any atom is -0.384 e. The number of hydrogen-bond acceptors (Lipinski definition) is 2. The monoisotopic (exact) mass is 289 g/mol. The first-order valence-electron chi connectivity index (χ1n) is 6.78. The van der Waals surface area contributed by atoms with Crippen LogP contribution in [0.1, 0.15) is 44.9 Å². The van der Waals surface area contributed by atoms with Crippen LogP contribution in [0.4, 0.5) is 0 Å². The van der Waals surface area contributed by atoms with E-state index in [0.717, 1.165) is 21.7 Å². The summed E-state index contributed by atoms with van der Waals surface area (Å²) in [5, 5.41) is 10.9. The van der Waals surface area contributed by atoms with Crippen LogP contribution >= 0.6 is 11.6 Å². The van der Waals surface area contributed by atoms with Crippen molar-refractivity contribution in [1.29, 1.82) is 0 Å². The minimum absolute atomic E-state index is 0.373. The molecule has 0 saturated heterocycles. The van der Waals surface area contributed by atoms with Gasteiger partial charge in [0.1, 0.15) is 5.60 Å². The molecule has 0 aliphatic carbocycles. The Labute approximate surface area is 125 Å². The number of nitrogens with zero attached hydrogens (tertiary/aromatic N) is 1. The van der Waals surface area contributed by atoms with Crippen molar-refractivity contribution in [2.24, 2.45) is 0 Å². The molecule has 3 heteroatoms. The average molecular weight is 290 g/mol.